The maximum atomic E-state index is 4.47. The normalized spacial score (nSPS) is 21.8. The van der Waals surface area contributed by atoms with Crippen LogP contribution in [0.1, 0.15) is 129 Å². The summed E-state index contributed by atoms with van der Waals surface area (Å²) in [6.45, 7) is 7.19. The van der Waals surface area contributed by atoms with E-state index in [2.05, 4.69) is 41.7 Å². The Kier molecular flexibility index (Phi) is 10.2. The second kappa shape index (κ2) is 12.9. The van der Waals surface area contributed by atoms with Gasteiger partial charge in [-0.2, -0.15) is 0 Å². The molecule has 3 heteroatoms. The lowest BCUT2D eigenvalue weighted by atomic mass is 9.73. The Hall–Kier alpha value is -0.830. The number of nitrogens with zero attached hydrogens (tertiary/aromatic N) is 2. The number of aromatic nitrogens is 2. The minimum absolute atomic E-state index is 0.702. The number of hydrogen-bond acceptors (Lipinski definition) is 2. The monoisotopic (exact) mass is 430 g/mol. The van der Waals surface area contributed by atoms with Gasteiger partial charge in [0.25, 0.3) is 0 Å². The molecule has 0 radical (unpaired) electrons. The zero-order valence-electron chi connectivity index (χ0n) is 20.0. The molecular weight excluding hydrogens is 384 g/mol. The van der Waals surface area contributed by atoms with Crippen LogP contribution in [0, 0.1) is 17.8 Å². The Morgan fingerprint density at radius 2 is 1.77 bits per heavy atom. The quantitative estimate of drug-likeness (QED) is 0.273. The average molecular weight is 431 g/mol. The van der Waals surface area contributed by atoms with Crippen LogP contribution in [-0.2, 0) is 0 Å². The molecule has 170 valence electrons. The molecule has 1 fully saturated rings. The van der Waals surface area contributed by atoms with E-state index in [0.717, 1.165) is 22.7 Å². The van der Waals surface area contributed by atoms with Crippen molar-refractivity contribution in [3.05, 3.63) is 23.5 Å². The highest BCUT2D eigenvalue weighted by Gasteiger charge is 2.25. The highest BCUT2D eigenvalue weighted by atomic mass is 32.1. The summed E-state index contributed by atoms with van der Waals surface area (Å²) in [7, 11) is 0. The summed E-state index contributed by atoms with van der Waals surface area (Å²) in [6, 6.07) is 0. The van der Waals surface area contributed by atoms with Crippen molar-refractivity contribution in [2.45, 2.75) is 123 Å². The van der Waals surface area contributed by atoms with Crippen LogP contribution in [0.4, 0.5) is 0 Å². The highest BCUT2D eigenvalue weighted by molar-refractivity contribution is 7.15. The third-order valence-corrected chi connectivity index (χ3v) is 8.72. The van der Waals surface area contributed by atoms with Crippen LogP contribution in [0.3, 0.4) is 0 Å². The lowest BCUT2D eigenvalue weighted by Crippen LogP contribution is -2.20. The van der Waals surface area contributed by atoms with Gasteiger partial charge in [-0.25, -0.2) is 4.98 Å². The summed E-state index contributed by atoms with van der Waals surface area (Å²) >= 11 is 1.80. The van der Waals surface area contributed by atoms with Crippen molar-refractivity contribution in [2.24, 2.45) is 17.8 Å². The zero-order chi connectivity index (χ0) is 21.2. The summed E-state index contributed by atoms with van der Waals surface area (Å²) in [4.78, 5) is 5.62. The molecule has 0 N–H and O–H groups in total. The fourth-order valence-corrected chi connectivity index (χ4v) is 6.76. The van der Waals surface area contributed by atoms with Crippen molar-refractivity contribution in [1.29, 1.82) is 0 Å². The van der Waals surface area contributed by atoms with Gasteiger partial charge in [0, 0.05) is 29.4 Å². The summed E-state index contributed by atoms with van der Waals surface area (Å²) < 4.78 is 2.33. The molecule has 0 spiro atoms. The Bertz CT molecular complexity index is 695. The first kappa shape index (κ1) is 23.8. The SMILES string of the molecule is CCCCCCC[C@H]1CC[C@H](C(C)CCCC(CCC)c2csc3nccn23)CC1. The first-order valence-corrected chi connectivity index (χ1v) is 14.0. The molecule has 1 saturated carbocycles. The predicted molar refractivity (Wildman–Crippen MR) is 133 cm³/mol. The number of thiazole rings is 1. The Balaban J connectivity index is 1.36. The number of rotatable bonds is 14. The Morgan fingerprint density at radius 3 is 2.53 bits per heavy atom. The van der Waals surface area contributed by atoms with Gasteiger partial charge >= 0.3 is 0 Å². The maximum Gasteiger partial charge on any atom is 0.193 e. The molecule has 2 nitrogen and oxygen atoms in total. The second-order valence-electron chi connectivity index (χ2n) is 10.1. The Labute approximate surface area is 189 Å². The minimum atomic E-state index is 0.702. The van der Waals surface area contributed by atoms with Crippen molar-refractivity contribution < 1.29 is 0 Å². The number of hydrogen-bond donors (Lipinski definition) is 0. The summed E-state index contributed by atoms with van der Waals surface area (Å²) in [6.07, 6.45) is 25.6. The van der Waals surface area contributed by atoms with Crippen LogP contribution < -0.4 is 0 Å². The van der Waals surface area contributed by atoms with Gasteiger partial charge in [-0.3, -0.25) is 4.40 Å². The van der Waals surface area contributed by atoms with E-state index in [-0.39, 0.29) is 0 Å². The average Bonchev–Trinajstić information content (AvgIpc) is 3.37. The van der Waals surface area contributed by atoms with Crippen molar-refractivity contribution in [2.75, 3.05) is 0 Å². The van der Waals surface area contributed by atoms with Gasteiger partial charge in [-0.15, -0.1) is 11.3 Å². The zero-order valence-corrected chi connectivity index (χ0v) is 20.8. The summed E-state index contributed by atoms with van der Waals surface area (Å²) in [5, 5.41) is 2.36. The molecule has 3 rings (SSSR count). The molecule has 2 atom stereocenters. The van der Waals surface area contributed by atoms with Crippen LogP contribution in [-0.4, -0.2) is 9.38 Å². The molecule has 0 amide bonds. The van der Waals surface area contributed by atoms with E-state index >= 15 is 0 Å². The third-order valence-electron chi connectivity index (χ3n) is 7.85. The molecule has 2 aromatic heterocycles. The minimum Gasteiger partial charge on any atom is -0.294 e. The maximum absolute atomic E-state index is 4.47. The molecule has 0 bridgehead atoms. The second-order valence-corrected chi connectivity index (χ2v) is 11.0. The molecule has 30 heavy (non-hydrogen) atoms. The molecule has 2 aromatic rings. The lowest BCUT2D eigenvalue weighted by molar-refractivity contribution is 0.195. The van der Waals surface area contributed by atoms with Crippen molar-refractivity contribution in [1.82, 2.24) is 9.38 Å². The first-order chi connectivity index (χ1) is 14.7. The molecule has 2 unspecified atom stereocenters. The lowest BCUT2D eigenvalue weighted by Gasteiger charge is -2.32. The van der Waals surface area contributed by atoms with E-state index < -0.39 is 0 Å². The van der Waals surface area contributed by atoms with Gasteiger partial charge in [0.1, 0.15) is 0 Å². The number of imidazole rings is 1. The van der Waals surface area contributed by atoms with Crippen LogP contribution >= 0.6 is 11.3 Å². The van der Waals surface area contributed by atoms with E-state index in [1.54, 1.807) is 11.3 Å². The van der Waals surface area contributed by atoms with E-state index in [4.69, 9.17) is 0 Å². The van der Waals surface area contributed by atoms with Crippen LogP contribution in [0.5, 0.6) is 0 Å². The van der Waals surface area contributed by atoms with Gasteiger partial charge < -0.3 is 0 Å². The van der Waals surface area contributed by atoms with Gasteiger partial charge in [0.05, 0.1) is 0 Å². The largest absolute Gasteiger partial charge is 0.294 e. The van der Waals surface area contributed by atoms with Crippen LogP contribution in [0.2, 0.25) is 0 Å². The molecule has 0 saturated heterocycles. The summed E-state index contributed by atoms with van der Waals surface area (Å²) in [5.41, 5.74) is 1.50. The topological polar surface area (TPSA) is 17.3 Å². The Morgan fingerprint density at radius 1 is 0.967 bits per heavy atom. The predicted octanol–water partition coefficient (Wildman–Crippen LogP) is 9.25. The molecule has 0 aliphatic heterocycles. The first-order valence-electron chi connectivity index (χ1n) is 13.1. The molecule has 1 aliphatic rings. The van der Waals surface area contributed by atoms with Gasteiger partial charge in [-0.05, 0) is 43.4 Å². The van der Waals surface area contributed by atoms with Crippen molar-refractivity contribution in [3.8, 4) is 0 Å². The highest BCUT2D eigenvalue weighted by Crippen LogP contribution is 2.38. The van der Waals surface area contributed by atoms with Gasteiger partial charge in [-0.1, -0.05) is 91.4 Å². The van der Waals surface area contributed by atoms with E-state index in [9.17, 15) is 0 Å². The van der Waals surface area contributed by atoms with Crippen LogP contribution in [0.25, 0.3) is 4.96 Å². The van der Waals surface area contributed by atoms with Gasteiger partial charge in [0.15, 0.2) is 4.96 Å². The fourth-order valence-electron chi connectivity index (χ4n) is 5.83. The van der Waals surface area contributed by atoms with E-state index in [1.807, 2.05) is 6.20 Å². The molecular formula is C27H46N2S. The molecule has 2 heterocycles. The molecule has 0 aromatic carbocycles. The van der Waals surface area contributed by atoms with E-state index in [1.165, 1.54) is 102 Å². The number of unbranched alkanes of at least 4 members (excludes halogenated alkanes) is 4. The van der Waals surface area contributed by atoms with Crippen molar-refractivity contribution in [3.63, 3.8) is 0 Å². The summed E-state index contributed by atoms with van der Waals surface area (Å²) in [5.74, 6) is 3.65. The third kappa shape index (κ3) is 6.84. The molecule has 1 aliphatic carbocycles. The smallest absolute Gasteiger partial charge is 0.193 e. The number of fused-ring (bicyclic) bond motifs is 1. The van der Waals surface area contributed by atoms with Crippen molar-refractivity contribution >= 4 is 16.3 Å². The van der Waals surface area contributed by atoms with Gasteiger partial charge in [0.2, 0.25) is 0 Å². The van der Waals surface area contributed by atoms with Crippen LogP contribution in [0.15, 0.2) is 17.8 Å². The standard InChI is InChI=1S/C27H46N2S/c1-4-6-7-8-9-13-23-15-17-24(18-16-23)22(3)12-10-14-25(11-5-2)26-21-30-27-28-19-20-29(26)27/h19-25H,4-18H2,1-3H3/t22?,23-,24-,25?. The van der Waals surface area contributed by atoms with E-state index in [0.29, 0.717) is 5.92 Å². The fraction of sp³-hybridized carbons (Fsp3) is 0.815.